The summed E-state index contributed by atoms with van der Waals surface area (Å²) in [5.41, 5.74) is 3.16. The number of ether oxygens (including phenoxy) is 1. The summed E-state index contributed by atoms with van der Waals surface area (Å²) in [6.45, 7) is 2.02. The van der Waals surface area contributed by atoms with E-state index in [0.717, 1.165) is 23.1 Å². The van der Waals surface area contributed by atoms with Gasteiger partial charge in [0.25, 0.3) is 5.89 Å². The van der Waals surface area contributed by atoms with Gasteiger partial charge in [0.2, 0.25) is 5.82 Å². The Morgan fingerprint density at radius 2 is 1.64 bits per heavy atom. The van der Waals surface area contributed by atoms with Gasteiger partial charge in [-0.2, -0.15) is 4.98 Å². The average molecular weight is 295 g/mol. The maximum atomic E-state index is 5.31. The van der Waals surface area contributed by atoms with Crippen LogP contribution in [0.5, 0.6) is 0 Å². The smallest absolute Gasteiger partial charge is 0.256 e. The van der Waals surface area contributed by atoms with Crippen molar-refractivity contribution in [1.29, 1.82) is 0 Å². The lowest BCUT2D eigenvalue weighted by Crippen LogP contribution is -1.99. The third-order valence-electron chi connectivity index (χ3n) is 3.53. The Morgan fingerprint density at radius 1 is 1.00 bits per heavy atom. The van der Waals surface area contributed by atoms with E-state index in [1.165, 1.54) is 0 Å². The lowest BCUT2D eigenvalue weighted by molar-refractivity contribution is 0.0706. The molecule has 0 aliphatic rings. The zero-order valence-electron chi connectivity index (χ0n) is 12.6. The molecule has 3 rings (SSSR count). The lowest BCUT2D eigenvalue weighted by Gasteiger charge is -2.05. The number of rotatable bonds is 5. The molecule has 0 radical (unpaired) electrons. The van der Waals surface area contributed by atoms with E-state index in [2.05, 4.69) is 15.1 Å². The molecule has 0 bridgehead atoms. The molecule has 0 fully saturated rings. The molecule has 3 aromatic rings. The Bertz CT molecular complexity index is 719. The van der Waals surface area contributed by atoms with E-state index in [0.29, 0.717) is 11.7 Å². The number of methoxy groups -OCH3 is 1. The normalized spacial score (nSPS) is 12.3. The fourth-order valence-corrected chi connectivity index (χ4v) is 2.28. The molecule has 5 nitrogen and oxygen atoms in total. The number of hydrogen-bond donors (Lipinski definition) is 0. The first-order valence-electron chi connectivity index (χ1n) is 7.19. The molecule has 22 heavy (non-hydrogen) atoms. The first kappa shape index (κ1) is 14.4. The van der Waals surface area contributed by atoms with Crippen molar-refractivity contribution in [3.05, 3.63) is 54.7 Å². The number of benzene rings is 1. The second-order valence-electron chi connectivity index (χ2n) is 4.90. The van der Waals surface area contributed by atoms with Gasteiger partial charge in [-0.25, -0.2) is 0 Å². The quantitative estimate of drug-likeness (QED) is 0.714. The van der Waals surface area contributed by atoms with Crippen LogP contribution in [0.3, 0.4) is 0 Å². The summed E-state index contributed by atoms with van der Waals surface area (Å²) in [5, 5.41) is 4.03. The largest absolute Gasteiger partial charge is 0.372 e. The van der Waals surface area contributed by atoms with Crippen molar-refractivity contribution >= 4 is 0 Å². The van der Waals surface area contributed by atoms with Crippen LogP contribution in [0.4, 0.5) is 0 Å². The SMILES string of the molecule is CCC(OC)c1nc(-c2ccc(-c3ccncc3)cc2)no1. The van der Waals surface area contributed by atoms with Crippen LogP contribution in [0, 0.1) is 0 Å². The molecule has 0 saturated carbocycles. The summed E-state index contributed by atoms with van der Waals surface area (Å²) >= 11 is 0. The zero-order valence-corrected chi connectivity index (χ0v) is 12.6. The maximum absolute atomic E-state index is 5.31. The van der Waals surface area contributed by atoms with Gasteiger partial charge < -0.3 is 9.26 Å². The Morgan fingerprint density at radius 3 is 2.27 bits per heavy atom. The van der Waals surface area contributed by atoms with Crippen molar-refractivity contribution in [2.75, 3.05) is 7.11 Å². The molecule has 1 aromatic carbocycles. The van der Waals surface area contributed by atoms with Crippen LogP contribution in [0.1, 0.15) is 25.3 Å². The monoisotopic (exact) mass is 295 g/mol. The van der Waals surface area contributed by atoms with Crippen LogP contribution in [0.15, 0.2) is 53.3 Å². The first-order valence-corrected chi connectivity index (χ1v) is 7.19. The van der Waals surface area contributed by atoms with Gasteiger partial charge in [0.1, 0.15) is 6.10 Å². The first-order chi connectivity index (χ1) is 10.8. The van der Waals surface area contributed by atoms with Crippen molar-refractivity contribution in [3.8, 4) is 22.5 Å². The van der Waals surface area contributed by atoms with E-state index >= 15 is 0 Å². The number of nitrogens with zero attached hydrogens (tertiary/aromatic N) is 3. The topological polar surface area (TPSA) is 61.0 Å². The van der Waals surface area contributed by atoms with E-state index in [1.807, 2.05) is 43.3 Å². The summed E-state index contributed by atoms with van der Waals surface area (Å²) in [7, 11) is 1.64. The molecular weight excluding hydrogens is 278 g/mol. The van der Waals surface area contributed by atoms with Gasteiger partial charge in [-0.1, -0.05) is 36.3 Å². The molecule has 5 heteroatoms. The van der Waals surface area contributed by atoms with Gasteiger partial charge >= 0.3 is 0 Å². The van der Waals surface area contributed by atoms with Crippen LogP contribution in [-0.4, -0.2) is 22.2 Å². The standard InChI is InChI=1S/C17H17N3O2/c1-3-15(21-2)17-19-16(20-22-17)14-6-4-12(5-7-14)13-8-10-18-11-9-13/h4-11,15H,3H2,1-2H3. The highest BCUT2D eigenvalue weighted by molar-refractivity contribution is 5.67. The third-order valence-corrected chi connectivity index (χ3v) is 3.53. The second kappa shape index (κ2) is 6.49. The van der Waals surface area contributed by atoms with Crippen LogP contribution in [0.25, 0.3) is 22.5 Å². The molecule has 0 spiro atoms. The van der Waals surface area contributed by atoms with Crippen LogP contribution in [-0.2, 0) is 4.74 Å². The number of aromatic nitrogens is 3. The predicted molar refractivity (Wildman–Crippen MR) is 83.0 cm³/mol. The fraction of sp³-hybridized carbons (Fsp3) is 0.235. The van der Waals surface area contributed by atoms with Gasteiger partial charge in [0, 0.05) is 25.1 Å². The number of hydrogen-bond acceptors (Lipinski definition) is 5. The second-order valence-corrected chi connectivity index (χ2v) is 4.90. The van der Waals surface area contributed by atoms with Crippen LogP contribution < -0.4 is 0 Å². The minimum absolute atomic E-state index is 0.155. The van der Waals surface area contributed by atoms with E-state index in [1.54, 1.807) is 19.5 Å². The lowest BCUT2D eigenvalue weighted by atomic mass is 10.1. The predicted octanol–water partition coefficient (Wildman–Crippen LogP) is 3.90. The molecule has 2 aromatic heterocycles. The summed E-state index contributed by atoms with van der Waals surface area (Å²) < 4.78 is 10.6. The molecule has 0 N–H and O–H groups in total. The van der Waals surface area contributed by atoms with Gasteiger partial charge in [0.15, 0.2) is 0 Å². The summed E-state index contributed by atoms with van der Waals surface area (Å²) in [4.78, 5) is 8.44. The van der Waals surface area contributed by atoms with E-state index in [9.17, 15) is 0 Å². The van der Waals surface area contributed by atoms with E-state index in [4.69, 9.17) is 9.26 Å². The summed E-state index contributed by atoms with van der Waals surface area (Å²) in [6, 6.07) is 12.0. The zero-order chi connectivity index (χ0) is 15.4. The van der Waals surface area contributed by atoms with Crippen molar-refractivity contribution in [2.24, 2.45) is 0 Å². The van der Waals surface area contributed by atoms with Gasteiger partial charge in [-0.15, -0.1) is 0 Å². The highest BCUT2D eigenvalue weighted by Gasteiger charge is 2.17. The van der Waals surface area contributed by atoms with Gasteiger partial charge in [0.05, 0.1) is 0 Å². The third kappa shape index (κ3) is 2.89. The van der Waals surface area contributed by atoms with Crippen molar-refractivity contribution in [2.45, 2.75) is 19.4 Å². The minimum Gasteiger partial charge on any atom is -0.372 e. The molecule has 1 unspecified atom stereocenters. The van der Waals surface area contributed by atoms with Gasteiger partial charge in [-0.3, -0.25) is 4.98 Å². The molecule has 0 aliphatic carbocycles. The summed E-state index contributed by atoms with van der Waals surface area (Å²) in [5.74, 6) is 1.09. The fourth-order valence-electron chi connectivity index (χ4n) is 2.28. The Balaban J connectivity index is 1.84. The average Bonchev–Trinajstić information content (AvgIpc) is 3.07. The van der Waals surface area contributed by atoms with E-state index in [-0.39, 0.29) is 6.10 Å². The molecule has 0 saturated heterocycles. The van der Waals surface area contributed by atoms with E-state index < -0.39 is 0 Å². The molecule has 0 amide bonds. The maximum Gasteiger partial charge on any atom is 0.256 e. The summed E-state index contributed by atoms with van der Waals surface area (Å²) in [6.07, 6.45) is 4.20. The van der Waals surface area contributed by atoms with Crippen molar-refractivity contribution in [1.82, 2.24) is 15.1 Å². The van der Waals surface area contributed by atoms with Crippen molar-refractivity contribution in [3.63, 3.8) is 0 Å². The highest BCUT2D eigenvalue weighted by Crippen LogP contribution is 2.25. The van der Waals surface area contributed by atoms with Crippen molar-refractivity contribution < 1.29 is 9.26 Å². The Kier molecular flexibility index (Phi) is 4.25. The van der Waals surface area contributed by atoms with Gasteiger partial charge in [-0.05, 0) is 29.7 Å². The Labute approximate surface area is 129 Å². The minimum atomic E-state index is -0.155. The van der Waals surface area contributed by atoms with Crippen LogP contribution in [0.2, 0.25) is 0 Å². The molecular formula is C17H17N3O2. The molecule has 112 valence electrons. The molecule has 2 heterocycles. The molecule has 0 aliphatic heterocycles. The highest BCUT2D eigenvalue weighted by atomic mass is 16.5. The molecule has 1 atom stereocenters. The van der Waals surface area contributed by atoms with Crippen LogP contribution >= 0.6 is 0 Å². The number of pyridine rings is 1. The Hall–Kier alpha value is -2.53.